The summed E-state index contributed by atoms with van der Waals surface area (Å²) < 4.78 is 9.58. The number of methoxy groups -OCH3 is 1. The summed E-state index contributed by atoms with van der Waals surface area (Å²) in [6.45, 7) is 4.38. The van der Waals surface area contributed by atoms with Crippen molar-refractivity contribution < 1.29 is 19.1 Å². The van der Waals surface area contributed by atoms with Crippen LogP contribution in [0.5, 0.6) is 0 Å². The number of esters is 2. The van der Waals surface area contributed by atoms with Gasteiger partial charge in [0.15, 0.2) is 0 Å². The Morgan fingerprint density at radius 3 is 2.47 bits per heavy atom. The van der Waals surface area contributed by atoms with Crippen LogP contribution in [-0.4, -0.2) is 49.2 Å². The van der Waals surface area contributed by atoms with Gasteiger partial charge in [0.25, 0.3) is 0 Å². The number of hydrogen-bond donors (Lipinski definition) is 0. The molecule has 0 saturated heterocycles. The number of hydrogen-bond acceptors (Lipinski definition) is 5. The SMILES string of the molecule is CCOC(=O)CN(C(C)CC(=O)OC)C1CC1. The van der Waals surface area contributed by atoms with Gasteiger partial charge in [-0.05, 0) is 26.7 Å². The van der Waals surface area contributed by atoms with E-state index < -0.39 is 0 Å². The van der Waals surface area contributed by atoms with Crippen molar-refractivity contribution in [3.63, 3.8) is 0 Å². The molecule has 17 heavy (non-hydrogen) atoms. The molecule has 0 aliphatic heterocycles. The van der Waals surface area contributed by atoms with Crippen LogP contribution in [0.3, 0.4) is 0 Å². The molecule has 1 unspecified atom stereocenters. The molecule has 5 nitrogen and oxygen atoms in total. The summed E-state index contributed by atoms with van der Waals surface area (Å²) >= 11 is 0. The first-order valence-corrected chi connectivity index (χ1v) is 6.06. The van der Waals surface area contributed by atoms with Gasteiger partial charge in [0, 0.05) is 12.1 Å². The van der Waals surface area contributed by atoms with E-state index in [1.807, 2.05) is 11.8 Å². The molecule has 1 aliphatic rings. The lowest BCUT2D eigenvalue weighted by atomic mass is 10.2. The lowest BCUT2D eigenvalue weighted by Crippen LogP contribution is -2.41. The molecule has 0 amide bonds. The van der Waals surface area contributed by atoms with E-state index in [9.17, 15) is 9.59 Å². The number of carbonyl (C=O) groups excluding carboxylic acids is 2. The molecule has 1 fully saturated rings. The Hall–Kier alpha value is -1.10. The van der Waals surface area contributed by atoms with Crippen molar-refractivity contribution in [3.8, 4) is 0 Å². The minimum Gasteiger partial charge on any atom is -0.469 e. The van der Waals surface area contributed by atoms with E-state index in [0.29, 0.717) is 19.1 Å². The molecule has 0 aromatic heterocycles. The quantitative estimate of drug-likeness (QED) is 0.623. The molecule has 0 aromatic rings. The maximum absolute atomic E-state index is 11.5. The molecule has 0 aromatic carbocycles. The van der Waals surface area contributed by atoms with E-state index in [1.165, 1.54) is 7.11 Å². The predicted octanol–water partition coefficient (Wildman–Crippen LogP) is 0.965. The van der Waals surface area contributed by atoms with Crippen molar-refractivity contribution in [1.29, 1.82) is 0 Å². The molecule has 0 radical (unpaired) electrons. The Kier molecular flexibility index (Phi) is 5.41. The van der Waals surface area contributed by atoms with Crippen LogP contribution in [0.1, 0.15) is 33.1 Å². The van der Waals surface area contributed by atoms with Crippen LogP contribution in [0, 0.1) is 0 Å². The van der Waals surface area contributed by atoms with Gasteiger partial charge >= 0.3 is 11.9 Å². The third-order valence-corrected chi connectivity index (χ3v) is 2.89. The summed E-state index contributed by atoms with van der Waals surface area (Å²) in [7, 11) is 1.38. The second-order valence-electron chi connectivity index (χ2n) is 4.34. The monoisotopic (exact) mass is 243 g/mol. The maximum Gasteiger partial charge on any atom is 0.320 e. The Morgan fingerprint density at radius 2 is 2.00 bits per heavy atom. The summed E-state index contributed by atoms with van der Waals surface area (Å²) in [6.07, 6.45) is 2.49. The van der Waals surface area contributed by atoms with Crippen LogP contribution < -0.4 is 0 Å². The van der Waals surface area contributed by atoms with Crippen LogP contribution in [-0.2, 0) is 19.1 Å². The van der Waals surface area contributed by atoms with Crippen molar-refractivity contribution in [3.05, 3.63) is 0 Å². The van der Waals surface area contributed by atoms with Crippen molar-refractivity contribution in [2.75, 3.05) is 20.3 Å². The summed E-state index contributed by atoms with van der Waals surface area (Å²) in [5.41, 5.74) is 0. The van der Waals surface area contributed by atoms with E-state index in [2.05, 4.69) is 4.74 Å². The van der Waals surface area contributed by atoms with E-state index in [4.69, 9.17) is 4.74 Å². The maximum atomic E-state index is 11.5. The third-order valence-electron chi connectivity index (χ3n) is 2.89. The molecule has 1 saturated carbocycles. The van der Waals surface area contributed by atoms with E-state index in [1.54, 1.807) is 6.92 Å². The molecule has 1 atom stereocenters. The van der Waals surface area contributed by atoms with Gasteiger partial charge < -0.3 is 9.47 Å². The summed E-state index contributed by atoms with van der Waals surface area (Å²) in [5.74, 6) is -0.469. The average Bonchev–Trinajstić information content (AvgIpc) is 3.09. The minimum atomic E-state index is -0.244. The lowest BCUT2D eigenvalue weighted by Gasteiger charge is -2.27. The van der Waals surface area contributed by atoms with E-state index in [-0.39, 0.29) is 24.5 Å². The van der Waals surface area contributed by atoms with Gasteiger partial charge in [-0.3, -0.25) is 14.5 Å². The molecule has 5 heteroatoms. The lowest BCUT2D eigenvalue weighted by molar-refractivity contribution is -0.147. The van der Waals surface area contributed by atoms with Crippen molar-refractivity contribution in [2.45, 2.75) is 45.2 Å². The van der Waals surface area contributed by atoms with Crippen LogP contribution in [0.25, 0.3) is 0 Å². The van der Waals surface area contributed by atoms with Crippen molar-refractivity contribution >= 4 is 11.9 Å². The van der Waals surface area contributed by atoms with E-state index >= 15 is 0 Å². The van der Waals surface area contributed by atoms with Crippen LogP contribution in [0.15, 0.2) is 0 Å². The van der Waals surface area contributed by atoms with E-state index in [0.717, 1.165) is 12.8 Å². The Labute approximate surface area is 102 Å². The Balaban J connectivity index is 2.47. The molecule has 0 bridgehead atoms. The summed E-state index contributed by atoms with van der Waals surface area (Å²) in [5, 5.41) is 0. The Morgan fingerprint density at radius 1 is 1.35 bits per heavy atom. The third kappa shape index (κ3) is 4.73. The molecule has 98 valence electrons. The highest BCUT2D eigenvalue weighted by Crippen LogP contribution is 2.29. The number of nitrogens with zero attached hydrogens (tertiary/aromatic N) is 1. The first-order valence-electron chi connectivity index (χ1n) is 6.06. The minimum absolute atomic E-state index is 0.0133. The van der Waals surface area contributed by atoms with Crippen LogP contribution in [0.4, 0.5) is 0 Å². The molecular weight excluding hydrogens is 222 g/mol. The van der Waals surface area contributed by atoms with Crippen molar-refractivity contribution in [2.24, 2.45) is 0 Å². The van der Waals surface area contributed by atoms with Crippen molar-refractivity contribution in [1.82, 2.24) is 4.90 Å². The standard InChI is InChI=1S/C12H21NO4/c1-4-17-12(15)8-13(10-5-6-10)9(2)7-11(14)16-3/h9-10H,4-8H2,1-3H3. The van der Waals surface area contributed by atoms with Gasteiger partial charge in [-0.15, -0.1) is 0 Å². The zero-order valence-corrected chi connectivity index (χ0v) is 10.8. The first kappa shape index (κ1) is 14.0. The van der Waals surface area contributed by atoms with Gasteiger partial charge in [-0.1, -0.05) is 0 Å². The van der Waals surface area contributed by atoms with Gasteiger partial charge in [-0.2, -0.15) is 0 Å². The molecule has 1 rings (SSSR count). The highest BCUT2D eigenvalue weighted by molar-refractivity contribution is 5.72. The van der Waals surface area contributed by atoms with Gasteiger partial charge in [-0.25, -0.2) is 0 Å². The second kappa shape index (κ2) is 6.59. The molecule has 0 N–H and O–H groups in total. The number of rotatable bonds is 7. The first-order chi connectivity index (χ1) is 8.08. The van der Waals surface area contributed by atoms with Gasteiger partial charge in [0.1, 0.15) is 0 Å². The second-order valence-corrected chi connectivity index (χ2v) is 4.34. The van der Waals surface area contributed by atoms with Crippen LogP contribution in [0.2, 0.25) is 0 Å². The fourth-order valence-corrected chi connectivity index (χ4v) is 1.85. The Bertz CT molecular complexity index is 276. The molecular formula is C12H21NO4. The zero-order chi connectivity index (χ0) is 12.8. The zero-order valence-electron chi connectivity index (χ0n) is 10.8. The molecule has 1 aliphatic carbocycles. The fourth-order valence-electron chi connectivity index (χ4n) is 1.85. The highest BCUT2D eigenvalue weighted by atomic mass is 16.5. The van der Waals surface area contributed by atoms with Crippen LogP contribution >= 0.6 is 0 Å². The smallest absolute Gasteiger partial charge is 0.320 e. The molecule has 0 spiro atoms. The van der Waals surface area contributed by atoms with Gasteiger partial charge in [0.2, 0.25) is 0 Å². The highest BCUT2D eigenvalue weighted by Gasteiger charge is 2.34. The predicted molar refractivity (Wildman–Crippen MR) is 62.5 cm³/mol. The normalized spacial score (nSPS) is 16.7. The number of carbonyl (C=O) groups is 2. The fraction of sp³-hybridized carbons (Fsp3) is 0.833. The molecule has 0 heterocycles. The largest absolute Gasteiger partial charge is 0.469 e. The number of ether oxygens (including phenoxy) is 2. The summed E-state index contributed by atoms with van der Waals surface area (Å²) in [6, 6.07) is 0.429. The topological polar surface area (TPSA) is 55.8 Å². The summed E-state index contributed by atoms with van der Waals surface area (Å²) in [4.78, 5) is 24.7. The van der Waals surface area contributed by atoms with Gasteiger partial charge in [0.05, 0.1) is 26.7 Å². The average molecular weight is 243 g/mol.